The van der Waals surface area contributed by atoms with Crippen LogP contribution in [0, 0.1) is 5.82 Å². The molecule has 0 spiro atoms. The zero-order valence-corrected chi connectivity index (χ0v) is 14.6. The van der Waals surface area contributed by atoms with Crippen LogP contribution in [0.5, 0.6) is 0 Å². The van der Waals surface area contributed by atoms with Crippen molar-refractivity contribution < 1.29 is 4.39 Å². The highest BCUT2D eigenvalue weighted by Crippen LogP contribution is 2.29. The summed E-state index contributed by atoms with van der Waals surface area (Å²) in [6.07, 6.45) is 3.29. The fourth-order valence-corrected chi connectivity index (χ4v) is 2.86. The molecule has 5 nitrogen and oxygen atoms in total. The molecule has 1 aromatic heterocycles. The molecule has 2 heterocycles. The number of nitrogens with one attached hydrogen (secondary N) is 1. The molecule has 1 N–H and O–H groups in total. The van der Waals surface area contributed by atoms with Gasteiger partial charge in [0, 0.05) is 57.2 Å². The number of nitrogens with zero attached hydrogens (tertiary/aromatic N) is 4. The summed E-state index contributed by atoms with van der Waals surface area (Å²) < 4.78 is 14.1. The lowest BCUT2D eigenvalue weighted by molar-refractivity contribution is 0.259. The predicted molar refractivity (Wildman–Crippen MR) is 97.3 cm³/mol. The molecule has 0 amide bonds. The van der Waals surface area contributed by atoms with Gasteiger partial charge in [0.15, 0.2) is 5.82 Å². The molecule has 1 aliphatic heterocycles. The van der Waals surface area contributed by atoms with Crippen molar-refractivity contribution in [3.05, 3.63) is 42.5 Å². The lowest BCUT2D eigenvalue weighted by Gasteiger charge is -2.35. The van der Waals surface area contributed by atoms with Crippen LogP contribution < -0.4 is 10.2 Å². The van der Waals surface area contributed by atoms with E-state index in [9.17, 15) is 4.39 Å². The van der Waals surface area contributed by atoms with Gasteiger partial charge >= 0.3 is 0 Å². The molecule has 0 bridgehead atoms. The molecular formula is C17H23ClFN5. The van der Waals surface area contributed by atoms with Crippen molar-refractivity contribution in [2.45, 2.75) is 0 Å². The van der Waals surface area contributed by atoms with Crippen molar-refractivity contribution in [1.29, 1.82) is 0 Å². The largest absolute Gasteiger partial charge is 0.352 e. The molecule has 0 radical (unpaired) electrons. The van der Waals surface area contributed by atoms with Crippen molar-refractivity contribution >= 4 is 18.2 Å². The minimum absolute atomic E-state index is 0. The number of halogens is 2. The topological polar surface area (TPSA) is 44.3 Å². The third-order valence-corrected chi connectivity index (χ3v) is 4.16. The monoisotopic (exact) mass is 351 g/mol. The van der Waals surface area contributed by atoms with Gasteiger partial charge in [-0.05, 0) is 19.2 Å². The molecular weight excluding hydrogens is 329 g/mol. The highest BCUT2D eigenvalue weighted by molar-refractivity contribution is 5.85. The van der Waals surface area contributed by atoms with Gasteiger partial charge in [0.25, 0.3) is 0 Å². The maximum atomic E-state index is 14.1. The number of hydrogen-bond donors (Lipinski definition) is 1. The van der Waals surface area contributed by atoms with E-state index < -0.39 is 0 Å². The molecule has 2 aromatic rings. The average Bonchev–Trinajstić information content (AvgIpc) is 2.61. The molecule has 7 heteroatoms. The zero-order valence-electron chi connectivity index (χ0n) is 13.8. The van der Waals surface area contributed by atoms with Gasteiger partial charge in [-0.1, -0.05) is 12.1 Å². The Hall–Kier alpha value is -1.76. The number of anilines is 1. The summed E-state index contributed by atoms with van der Waals surface area (Å²) in [5.74, 6) is 0.507. The Bertz CT molecular complexity index is 646. The normalized spacial score (nSPS) is 15.2. The number of rotatable bonds is 5. The standard InChI is InChI=1S/C17H22FN5.ClH/c1-19-8-9-22-10-12-23(13-11-22)17-16(20-6-7-21-17)14-4-2-3-5-15(14)18;/h2-7,19H,8-13H2,1H3;1H. The van der Waals surface area contributed by atoms with Gasteiger partial charge in [0.2, 0.25) is 0 Å². The first-order valence-corrected chi connectivity index (χ1v) is 7.97. The zero-order chi connectivity index (χ0) is 16.1. The Kier molecular flexibility index (Phi) is 6.90. The van der Waals surface area contributed by atoms with E-state index in [1.165, 1.54) is 6.07 Å². The van der Waals surface area contributed by atoms with Crippen molar-refractivity contribution in [2.24, 2.45) is 0 Å². The molecule has 0 aliphatic carbocycles. The lowest BCUT2D eigenvalue weighted by Crippen LogP contribution is -2.48. The van der Waals surface area contributed by atoms with Crippen LogP contribution in [0.2, 0.25) is 0 Å². The van der Waals surface area contributed by atoms with Crippen LogP contribution in [0.3, 0.4) is 0 Å². The Morgan fingerprint density at radius 1 is 1.08 bits per heavy atom. The third kappa shape index (κ3) is 4.20. The molecule has 3 rings (SSSR count). The number of hydrogen-bond acceptors (Lipinski definition) is 5. The third-order valence-electron chi connectivity index (χ3n) is 4.16. The van der Waals surface area contributed by atoms with Crippen LogP contribution in [0.15, 0.2) is 36.7 Å². The Labute approximate surface area is 148 Å². The Morgan fingerprint density at radius 2 is 1.79 bits per heavy atom. The van der Waals surface area contributed by atoms with Gasteiger partial charge in [0.1, 0.15) is 11.5 Å². The van der Waals surface area contributed by atoms with Crippen LogP contribution in [0.25, 0.3) is 11.3 Å². The molecule has 0 unspecified atom stereocenters. The van der Waals surface area contributed by atoms with Gasteiger partial charge in [-0.25, -0.2) is 9.37 Å². The predicted octanol–water partition coefficient (Wildman–Crippen LogP) is 2.05. The van der Waals surface area contributed by atoms with Crippen LogP contribution in [0.4, 0.5) is 10.2 Å². The van der Waals surface area contributed by atoms with E-state index >= 15 is 0 Å². The summed E-state index contributed by atoms with van der Waals surface area (Å²) >= 11 is 0. The quantitative estimate of drug-likeness (QED) is 0.893. The maximum absolute atomic E-state index is 14.1. The van der Waals surface area contributed by atoms with E-state index in [1.54, 1.807) is 24.5 Å². The van der Waals surface area contributed by atoms with Crippen LogP contribution in [-0.4, -0.2) is 61.2 Å². The Morgan fingerprint density at radius 3 is 2.50 bits per heavy atom. The first-order valence-electron chi connectivity index (χ1n) is 7.97. The fourth-order valence-electron chi connectivity index (χ4n) is 2.86. The van der Waals surface area contributed by atoms with Crippen molar-refractivity contribution in [3.63, 3.8) is 0 Å². The van der Waals surface area contributed by atoms with Crippen molar-refractivity contribution in [1.82, 2.24) is 20.2 Å². The average molecular weight is 352 g/mol. The number of piperazine rings is 1. The SMILES string of the molecule is CNCCN1CCN(c2nccnc2-c2ccccc2F)CC1.Cl. The summed E-state index contributed by atoms with van der Waals surface area (Å²) in [5.41, 5.74) is 1.13. The lowest BCUT2D eigenvalue weighted by atomic mass is 10.1. The van der Waals surface area contributed by atoms with E-state index in [4.69, 9.17) is 0 Å². The van der Waals surface area contributed by atoms with Gasteiger partial charge < -0.3 is 10.2 Å². The molecule has 0 atom stereocenters. The van der Waals surface area contributed by atoms with Crippen LogP contribution >= 0.6 is 12.4 Å². The number of likely N-dealkylation sites (N-methyl/N-ethyl adjacent to an activating group) is 1. The van der Waals surface area contributed by atoms with E-state index in [-0.39, 0.29) is 18.2 Å². The van der Waals surface area contributed by atoms with E-state index in [2.05, 4.69) is 25.1 Å². The minimum Gasteiger partial charge on any atom is -0.352 e. The maximum Gasteiger partial charge on any atom is 0.155 e. The summed E-state index contributed by atoms with van der Waals surface area (Å²) in [5, 5.41) is 3.18. The van der Waals surface area contributed by atoms with Crippen molar-refractivity contribution in [3.8, 4) is 11.3 Å². The summed E-state index contributed by atoms with van der Waals surface area (Å²) in [7, 11) is 1.97. The second kappa shape index (κ2) is 8.92. The first-order chi connectivity index (χ1) is 11.3. The number of aromatic nitrogens is 2. The fraction of sp³-hybridized carbons (Fsp3) is 0.412. The van der Waals surface area contributed by atoms with E-state index in [0.717, 1.165) is 45.1 Å². The van der Waals surface area contributed by atoms with Gasteiger partial charge in [-0.15, -0.1) is 12.4 Å². The molecule has 130 valence electrons. The molecule has 1 fully saturated rings. The second-order valence-corrected chi connectivity index (χ2v) is 5.64. The van der Waals surface area contributed by atoms with Gasteiger partial charge in [0.05, 0.1) is 0 Å². The second-order valence-electron chi connectivity index (χ2n) is 5.64. The minimum atomic E-state index is -0.262. The number of benzene rings is 1. The molecule has 1 saturated heterocycles. The Balaban J connectivity index is 0.00000208. The van der Waals surface area contributed by atoms with Crippen LogP contribution in [-0.2, 0) is 0 Å². The summed E-state index contributed by atoms with van der Waals surface area (Å²) in [6, 6.07) is 6.73. The first kappa shape index (κ1) is 18.6. The highest BCUT2D eigenvalue weighted by atomic mass is 35.5. The molecule has 1 aliphatic rings. The smallest absolute Gasteiger partial charge is 0.155 e. The molecule has 24 heavy (non-hydrogen) atoms. The molecule has 1 aromatic carbocycles. The van der Waals surface area contributed by atoms with Crippen molar-refractivity contribution in [2.75, 3.05) is 51.2 Å². The summed E-state index contributed by atoms with van der Waals surface area (Å²) in [4.78, 5) is 13.5. The van der Waals surface area contributed by atoms with E-state index in [1.807, 2.05) is 13.1 Å². The molecule has 0 saturated carbocycles. The highest BCUT2D eigenvalue weighted by Gasteiger charge is 2.22. The van der Waals surface area contributed by atoms with Gasteiger partial charge in [-0.3, -0.25) is 9.88 Å². The van der Waals surface area contributed by atoms with Crippen LogP contribution in [0.1, 0.15) is 0 Å². The summed E-state index contributed by atoms with van der Waals surface area (Å²) in [6.45, 7) is 5.76. The van der Waals surface area contributed by atoms with E-state index in [0.29, 0.717) is 11.3 Å². The van der Waals surface area contributed by atoms with Gasteiger partial charge in [-0.2, -0.15) is 0 Å².